The lowest BCUT2D eigenvalue weighted by Gasteiger charge is -2.09. The molecule has 1 aromatic carbocycles. The lowest BCUT2D eigenvalue weighted by atomic mass is 10.1. The van der Waals surface area contributed by atoms with E-state index in [1.54, 1.807) is 6.08 Å². The second kappa shape index (κ2) is 4.95. The molecule has 1 aromatic rings. The van der Waals surface area contributed by atoms with Gasteiger partial charge >= 0.3 is 0 Å². The van der Waals surface area contributed by atoms with Crippen LogP contribution in [-0.4, -0.2) is 22.9 Å². The maximum Gasteiger partial charge on any atom is 0.279 e. The molecule has 1 saturated heterocycles. The van der Waals surface area contributed by atoms with Crippen LogP contribution in [0.5, 0.6) is 0 Å². The van der Waals surface area contributed by atoms with Crippen molar-refractivity contribution in [3.63, 3.8) is 0 Å². The van der Waals surface area contributed by atoms with Crippen LogP contribution in [0.2, 0.25) is 0 Å². The van der Waals surface area contributed by atoms with Crippen molar-refractivity contribution < 1.29 is 9.31 Å². The molecule has 0 unspecified atom stereocenters. The minimum absolute atomic E-state index is 0.194. The largest absolute Gasteiger partial charge is 0.377 e. The Morgan fingerprint density at radius 1 is 1.35 bits per heavy atom. The molecule has 0 N–H and O–H groups in total. The van der Waals surface area contributed by atoms with Gasteiger partial charge in [-0.25, -0.2) is 4.39 Å². The molecule has 1 aliphatic heterocycles. The van der Waals surface area contributed by atoms with Crippen molar-refractivity contribution in [3.8, 4) is 0 Å². The third-order valence-electron chi connectivity index (χ3n) is 2.79. The van der Waals surface area contributed by atoms with Crippen LogP contribution in [0.4, 0.5) is 10.1 Å². The fraction of sp³-hybridized carbons (Fsp3) is 0.333. The fourth-order valence-electron chi connectivity index (χ4n) is 1.89. The highest BCUT2D eigenvalue weighted by atomic mass is 19.1. The molecule has 4 nitrogen and oxygen atoms in total. The summed E-state index contributed by atoms with van der Waals surface area (Å²) in [4.78, 5) is 12.3. The summed E-state index contributed by atoms with van der Waals surface area (Å²) < 4.78 is 12.9. The van der Waals surface area contributed by atoms with Gasteiger partial charge in [0.25, 0.3) is 5.69 Å². The third kappa shape index (κ3) is 2.81. The molecule has 0 amide bonds. The molecule has 1 aliphatic rings. The van der Waals surface area contributed by atoms with Crippen LogP contribution < -0.4 is 0 Å². The van der Waals surface area contributed by atoms with Crippen molar-refractivity contribution in [1.29, 1.82) is 0 Å². The van der Waals surface area contributed by atoms with E-state index in [0.717, 1.165) is 32.0 Å². The Hall–Kier alpha value is -1.91. The average Bonchev–Trinajstić information content (AvgIpc) is 2.80. The Kier molecular flexibility index (Phi) is 3.37. The Morgan fingerprint density at radius 3 is 2.71 bits per heavy atom. The predicted octanol–water partition coefficient (Wildman–Crippen LogP) is 2.80. The molecule has 0 bridgehead atoms. The van der Waals surface area contributed by atoms with Gasteiger partial charge in [0, 0.05) is 13.1 Å². The summed E-state index contributed by atoms with van der Waals surface area (Å²) in [5, 5.41) is 10.8. The molecule has 17 heavy (non-hydrogen) atoms. The zero-order chi connectivity index (χ0) is 12.3. The van der Waals surface area contributed by atoms with E-state index >= 15 is 0 Å². The number of hydrogen-bond acceptors (Lipinski definition) is 3. The van der Waals surface area contributed by atoms with Gasteiger partial charge in [-0.3, -0.25) is 10.1 Å². The Labute approximate surface area is 98.5 Å². The molecule has 0 radical (unpaired) electrons. The summed E-state index contributed by atoms with van der Waals surface area (Å²) >= 11 is 0. The van der Waals surface area contributed by atoms with Crippen LogP contribution in [0.25, 0.3) is 6.08 Å². The highest BCUT2D eigenvalue weighted by molar-refractivity contribution is 5.60. The molecule has 5 heteroatoms. The molecule has 0 aromatic heterocycles. The molecule has 0 spiro atoms. The second-order valence-electron chi connectivity index (χ2n) is 4.02. The lowest BCUT2D eigenvalue weighted by molar-refractivity contribution is -0.385. The molecule has 2 rings (SSSR count). The summed E-state index contributed by atoms with van der Waals surface area (Å²) in [7, 11) is 0. The molecule has 0 atom stereocenters. The van der Waals surface area contributed by atoms with Crippen LogP contribution in [0.1, 0.15) is 18.4 Å². The van der Waals surface area contributed by atoms with Crippen molar-refractivity contribution in [1.82, 2.24) is 4.90 Å². The average molecular weight is 236 g/mol. The van der Waals surface area contributed by atoms with Gasteiger partial charge in [-0.1, -0.05) is 0 Å². The van der Waals surface area contributed by atoms with Crippen molar-refractivity contribution in [2.45, 2.75) is 12.8 Å². The first-order valence-corrected chi connectivity index (χ1v) is 5.53. The van der Waals surface area contributed by atoms with Crippen LogP contribution >= 0.6 is 0 Å². The summed E-state index contributed by atoms with van der Waals surface area (Å²) in [6.07, 6.45) is 5.81. The van der Waals surface area contributed by atoms with E-state index in [-0.39, 0.29) is 5.69 Å². The van der Waals surface area contributed by atoms with Gasteiger partial charge in [-0.05, 0) is 37.3 Å². The molecular weight excluding hydrogens is 223 g/mol. The summed E-state index contributed by atoms with van der Waals surface area (Å²) in [6.45, 7) is 1.96. The number of benzene rings is 1. The van der Waals surface area contributed by atoms with E-state index < -0.39 is 10.7 Å². The number of nitrogens with zero attached hydrogens (tertiary/aromatic N) is 2. The van der Waals surface area contributed by atoms with Gasteiger partial charge < -0.3 is 4.90 Å². The zero-order valence-corrected chi connectivity index (χ0v) is 9.30. The van der Waals surface area contributed by atoms with Crippen LogP contribution in [0.15, 0.2) is 24.4 Å². The van der Waals surface area contributed by atoms with Gasteiger partial charge in [-0.15, -0.1) is 0 Å². The van der Waals surface area contributed by atoms with E-state index in [2.05, 4.69) is 4.90 Å². The summed E-state index contributed by atoms with van der Waals surface area (Å²) in [5.41, 5.74) is 0.240. The third-order valence-corrected chi connectivity index (χ3v) is 2.79. The molecule has 1 fully saturated rings. The zero-order valence-electron chi connectivity index (χ0n) is 9.30. The van der Waals surface area contributed by atoms with Crippen molar-refractivity contribution >= 4 is 11.8 Å². The lowest BCUT2D eigenvalue weighted by Crippen LogP contribution is -2.10. The van der Waals surface area contributed by atoms with Gasteiger partial charge in [0.15, 0.2) is 0 Å². The first-order chi connectivity index (χ1) is 8.16. The molecule has 1 heterocycles. The Balaban J connectivity index is 2.22. The van der Waals surface area contributed by atoms with Crippen LogP contribution in [0.3, 0.4) is 0 Å². The molecule has 0 aliphatic carbocycles. The SMILES string of the molecule is O=[N+]([O-])c1cc(F)ccc1/C=C/N1CCCC1. The van der Waals surface area contributed by atoms with Gasteiger partial charge in [0.2, 0.25) is 0 Å². The van der Waals surface area contributed by atoms with E-state index in [1.165, 1.54) is 12.1 Å². The minimum atomic E-state index is -0.588. The van der Waals surface area contributed by atoms with Gasteiger partial charge in [-0.2, -0.15) is 0 Å². The van der Waals surface area contributed by atoms with E-state index in [9.17, 15) is 14.5 Å². The van der Waals surface area contributed by atoms with E-state index in [1.807, 2.05) is 6.20 Å². The smallest absolute Gasteiger partial charge is 0.279 e. The van der Waals surface area contributed by atoms with E-state index in [4.69, 9.17) is 0 Å². The highest BCUT2D eigenvalue weighted by Gasteiger charge is 2.13. The number of hydrogen-bond donors (Lipinski definition) is 0. The topological polar surface area (TPSA) is 46.4 Å². The Bertz CT molecular complexity index is 454. The number of rotatable bonds is 3. The van der Waals surface area contributed by atoms with Crippen LogP contribution in [0, 0.1) is 15.9 Å². The maximum absolute atomic E-state index is 12.9. The number of likely N-dealkylation sites (tertiary alicyclic amines) is 1. The highest BCUT2D eigenvalue weighted by Crippen LogP contribution is 2.21. The fourth-order valence-corrected chi connectivity index (χ4v) is 1.89. The second-order valence-corrected chi connectivity index (χ2v) is 4.02. The maximum atomic E-state index is 12.9. The quantitative estimate of drug-likeness (QED) is 0.598. The minimum Gasteiger partial charge on any atom is -0.377 e. The number of nitro groups is 1. The number of halogens is 1. The molecule has 0 saturated carbocycles. The summed E-state index contributed by atoms with van der Waals surface area (Å²) in [6, 6.07) is 3.61. The van der Waals surface area contributed by atoms with Crippen molar-refractivity contribution in [3.05, 3.63) is 45.9 Å². The molecular formula is C12H13FN2O2. The number of nitro benzene ring substituents is 1. The van der Waals surface area contributed by atoms with Gasteiger partial charge in [0.1, 0.15) is 5.82 Å². The van der Waals surface area contributed by atoms with Crippen LogP contribution in [-0.2, 0) is 0 Å². The predicted molar refractivity (Wildman–Crippen MR) is 62.9 cm³/mol. The van der Waals surface area contributed by atoms with Gasteiger partial charge in [0.05, 0.1) is 16.6 Å². The normalized spacial score (nSPS) is 15.7. The molecule has 90 valence electrons. The first kappa shape index (κ1) is 11.6. The monoisotopic (exact) mass is 236 g/mol. The standard InChI is InChI=1S/C12H13FN2O2/c13-11-4-3-10(12(9-11)15(16)17)5-8-14-6-1-2-7-14/h3-5,8-9H,1-2,6-7H2/b8-5+. The van der Waals surface area contributed by atoms with Crippen molar-refractivity contribution in [2.75, 3.05) is 13.1 Å². The van der Waals surface area contributed by atoms with Crippen molar-refractivity contribution in [2.24, 2.45) is 0 Å². The summed E-state index contributed by atoms with van der Waals surface area (Å²) in [5.74, 6) is -0.588. The Morgan fingerprint density at radius 2 is 2.06 bits per heavy atom. The first-order valence-electron chi connectivity index (χ1n) is 5.53. The van der Waals surface area contributed by atoms with E-state index in [0.29, 0.717) is 5.56 Å².